The predicted octanol–water partition coefficient (Wildman–Crippen LogP) is 3.04. The molecule has 1 fully saturated rings. The largest absolute Gasteiger partial charge is 0.312 e. The first kappa shape index (κ1) is 14.1. The zero-order chi connectivity index (χ0) is 13.9. The molecule has 0 amide bonds. The van der Waals surface area contributed by atoms with E-state index in [1.807, 2.05) is 0 Å². The van der Waals surface area contributed by atoms with Gasteiger partial charge in [0.05, 0.1) is 0 Å². The van der Waals surface area contributed by atoms with Gasteiger partial charge < -0.3 is 10.2 Å². The lowest BCUT2D eigenvalue weighted by Gasteiger charge is -2.36. The first-order valence-electron chi connectivity index (χ1n) is 8.31. The molecule has 3 atom stereocenters. The van der Waals surface area contributed by atoms with Gasteiger partial charge in [0.1, 0.15) is 0 Å². The minimum Gasteiger partial charge on any atom is -0.312 e. The predicted molar refractivity (Wildman–Crippen MR) is 85.2 cm³/mol. The Bertz CT molecular complexity index is 443. The van der Waals surface area contributed by atoms with Gasteiger partial charge in [-0.05, 0) is 43.0 Å². The van der Waals surface area contributed by atoms with Gasteiger partial charge in [-0.25, -0.2) is 0 Å². The highest BCUT2D eigenvalue weighted by Crippen LogP contribution is 2.35. The summed E-state index contributed by atoms with van der Waals surface area (Å²) in [4.78, 5) is 2.71. The molecule has 1 saturated heterocycles. The summed E-state index contributed by atoms with van der Waals surface area (Å²) in [6, 6.07) is 9.66. The minimum atomic E-state index is 0.679. The maximum absolute atomic E-state index is 3.75. The normalized spacial score (nSPS) is 28.3. The van der Waals surface area contributed by atoms with Crippen LogP contribution < -0.4 is 5.32 Å². The molecule has 3 unspecified atom stereocenters. The fourth-order valence-corrected chi connectivity index (χ4v) is 3.69. The van der Waals surface area contributed by atoms with Crippen LogP contribution in [0.2, 0.25) is 0 Å². The quantitative estimate of drug-likeness (QED) is 0.906. The molecule has 20 heavy (non-hydrogen) atoms. The van der Waals surface area contributed by atoms with E-state index in [1.165, 1.54) is 45.4 Å². The van der Waals surface area contributed by atoms with Crippen LogP contribution in [0.5, 0.6) is 0 Å². The molecular weight excluding hydrogens is 244 g/mol. The zero-order valence-electron chi connectivity index (χ0n) is 12.9. The summed E-state index contributed by atoms with van der Waals surface area (Å²) < 4.78 is 0. The fraction of sp³-hybridized carbons (Fsp3) is 0.667. The summed E-state index contributed by atoms with van der Waals surface area (Å²) >= 11 is 0. The Kier molecular flexibility index (Phi) is 4.42. The summed E-state index contributed by atoms with van der Waals surface area (Å²) in [5, 5.41) is 3.75. The van der Waals surface area contributed by atoms with Crippen LogP contribution >= 0.6 is 0 Å². The van der Waals surface area contributed by atoms with Crippen molar-refractivity contribution in [2.45, 2.75) is 45.1 Å². The van der Waals surface area contributed by atoms with Crippen molar-refractivity contribution >= 4 is 0 Å². The number of nitrogens with zero attached hydrogens (tertiary/aromatic N) is 1. The van der Waals surface area contributed by atoms with Gasteiger partial charge in [0, 0.05) is 25.0 Å². The highest BCUT2D eigenvalue weighted by Gasteiger charge is 2.29. The van der Waals surface area contributed by atoms with E-state index in [1.54, 1.807) is 11.1 Å². The van der Waals surface area contributed by atoms with Crippen LogP contribution in [0.25, 0.3) is 0 Å². The Morgan fingerprint density at radius 1 is 1.35 bits per heavy atom. The zero-order valence-corrected chi connectivity index (χ0v) is 12.9. The summed E-state index contributed by atoms with van der Waals surface area (Å²) in [7, 11) is 0. The van der Waals surface area contributed by atoms with Crippen molar-refractivity contribution in [3.63, 3.8) is 0 Å². The van der Waals surface area contributed by atoms with Gasteiger partial charge in [-0.15, -0.1) is 0 Å². The average Bonchev–Trinajstić information content (AvgIpc) is 2.69. The smallest absolute Gasteiger partial charge is 0.0220 e. The third kappa shape index (κ3) is 2.91. The lowest BCUT2D eigenvalue weighted by Crippen LogP contribution is -2.43. The summed E-state index contributed by atoms with van der Waals surface area (Å²) in [5.41, 5.74) is 3.17. The first-order valence-corrected chi connectivity index (χ1v) is 8.31. The van der Waals surface area contributed by atoms with E-state index >= 15 is 0 Å². The van der Waals surface area contributed by atoms with Crippen LogP contribution in [-0.4, -0.2) is 37.1 Å². The van der Waals surface area contributed by atoms with E-state index in [4.69, 9.17) is 0 Å². The standard InChI is InChI=1S/C18H28N2/c1-3-14(2)18-13-20(10-6-9-19-18)12-16-11-15-7-4-5-8-17(15)16/h4-5,7-8,14,16,18-19H,3,6,9-13H2,1-2H3. The number of fused-ring (bicyclic) bond motifs is 1. The van der Waals surface area contributed by atoms with Crippen LogP contribution in [0, 0.1) is 5.92 Å². The molecule has 3 rings (SSSR count). The van der Waals surface area contributed by atoms with Crippen LogP contribution in [0.3, 0.4) is 0 Å². The van der Waals surface area contributed by atoms with Gasteiger partial charge in [0.25, 0.3) is 0 Å². The number of benzene rings is 1. The van der Waals surface area contributed by atoms with Crippen molar-refractivity contribution in [3.8, 4) is 0 Å². The first-order chi connectivity index (χ1) is 9.78. The van der Waals surface area contributed by atoms with Crippen molar-refractivity contribution in [3.05, 3.63) is 35.4 Å². The van der Waals surface area contributed by atoms with E-state index in [9.17, 15) is 0 Å². The Morgan fingerprint density at radius 3 is 3.00 bits per heavy atom. The second kappa shape index (κ2) is 6.28. The van der Waals surface area contributed by atoms with Gasteiger partial charge in [0.15, 0.2) is 0 Å². The number of rotatable bonds is 4. The third-order valence-corrected chi connectivity index (χ3v) is 5.28. The minimum absolute atomic E-state index is 0.679. The van der Waals surface area contributed by atoms with E-state index in [0.29, 0.717) is 6.04 Å². The molecule has 1 aliphatic carbocycles. The SMILES string of the molecule is CCC(C)C1CN(CC2Cc3ccccc32)CCCN1. The maximum atomic E-state index is 3.75. The highest BCUT2D eigenvalue weighted by atomic mass is 15.2. The van der Waals surface area contributed by atoms with Crippen LogP contribution in [0.15, 0.2) is 24.3 Å². The lowest BCUT2D eigenvalue weighted by atomic mass is 9.77. The van der Waals surface area contributed by atoms with Gasteiger partial charge in [-0.1, -0.05) is 44.5 Å². The molecule has 1 N–H and O–H groups in total. The molecule has 1 heterocycles. The molecule has 1 aliphatic heterocycles. The average molecular weight is 272 g/mol. The van der Waals surface area contributed by atoms with Crippen molar-refractivity contribution < 1.29 is 0 Å². The van der Waals surface area contributed by atoms with Gasteiger partial charge in [0.2, 0.25) is 0 Å². The molecule has 0 saturated carbocycles. The van der Waals surface area contributed by atoms with Gasteiger partial charge in [-0.3, -0.25) is 0 Å². The Balaban J connectivity index is 1.60. The fourth-order valence-electron chi connectivity index (χ4n) is 3.69. The molecule has 2 heteroatoms. The lowest BCUT2D eigenvalue weighted by molar-refractivity contribution is 0.220. The van der Waals surface area contributed by atoms with Gasteiger partial charge >= 0.3 is 0 Å². The van der Waals surface area contributed by atoms with Crippen molar-refractivity contribution in [2.24, 2.45) is 5.92 Å². The van der Waals surface area contributed by atoms with Gasteiger partial charge in [-0.2, -0.15) is 0 Å². The molecule has 0 aromatic heterocycles. The number of hydrogen-bond acceptors (Lipinski definition) is 2. The molecule has 0 radical (unpaired) electrons. The van der Waals surface area contributed by atoms with E-state index < -0.39 is 0 Å². The van der Waals surface area contributed by atoms with E-state index in [0.717, 1.165) is 11.8 Å². The maximum Gasteiger partial charge on any atom is 0.0220 e. The van der Waals surface area contributed by atoms with Crippen molar-refractivity contribution in [1.29, 1.82) is 0 Å². The molecule has 2 nitrogen and oxygen atoms in total. The second-order valence-corrected chi connectivity index (χ2v) is 6.66. The highest BCUT2D eigenvalue weighted by molar-refractivity contribution is 5.40. The Morgan fingerprint density at radius 2 is 2.20 bits per heavy atom. The molecule has 0 bridgehead atoms. The summed E-state index contributed by atoms with van der Waals surface area (Å²) in [5.74, 6) is 1.56. The van der Waals surface area contributed by atoms with Crippen LogP contribution in [-0.2, 0) is 6.42 Å². The Hall–Kier alpha value is -0.860. The molecule has 0 spiro atoms. The number of nitrogens with one attached hydrogen (secondary N) is 1. The molecule has 110 valence electrons. The van der Waals surface area contributed by atoms with Crippen LogP contribution in [0.4, 0.5) is 0 Å². The topological polar surface area (TPSA) is 15.3 Å². The van der Waals surface area contributed by atoms with Crippen molar-refractivity contribution in [1.82, 2.24) is 10.2 Å². The number of hydrogen-bond donors (Lipinski definition) is 1. The Labute approximate surface area is 123 Å². The van der Waals surface area contributed by atoms with E-state index in [-0.39, 0.29) is 0 Å². The molecule has 1 aromatic carbocycles. The van der Waals surface area contributed by atoms with E-state index in [2.05, 4.69) is 48.3 Å². The summed E-state index contributed by atoms with van der Waals surface area (Å²) in [6.45, 7) is 9.63. The summed E-state index contributed by atoms with van der Waals surface area (Å²) in [6.07, 6.45) is 3.85. The molecule has 2 aliphatic rings. The second-order valence-electron chi connectivity index (χ2n) is 6.66. The molecular formula is C18H28N2. The van der Waals surface area contributed by atoms with Crippen molar-refractivity contribution in [2.75, 3.05) is 26.2 Å². The van der Waals surface area contributed by atoms with Crippen LogP contribution in [0.1, 0.15) is 43.7 Å². The monoisotopic (exact) mass is 272 g/mol. The third-order valence-electron chi connectivity index (χ3n) is 5.28. The molecule has 1 aromatic rings.